The van der Waals surface area contributed by atoms with Crippen LogP contribution in [0.25, 0.3) is 0 Å². The molecule has 0 aliphatic carbocycles. The van der Waals surface area contributed by atoms with Crippen molar-refractivity contribution in [2.24, 2.45) is 11.7 Å². The molecule has 0 aromatic carbocycles. The molecule has 144 valence electrons. The Hall–Kier alpha value is -2.45. The van der Waals surface area contributed by atoms with Crippen molar-refractivity contribution < 1.29 is 14.1 Å². The van der Waals surface area contributed by atoms with E-state index in [1.165, 1.54) is 0 Å². The van der Waals surface area contributed by atoms with Crippen molar-refractivity contribution in [2.75, 3.05) is 37.7 Å². The average Bonchev–Trinajstić information content (AvgIpc) is 2.81. The molecule has 2 N–H and O–H groups in total. The standard InChI is InChI=1S/C19H25N5O3/c1-12-17(13(2)27-22-12)9-23-6-14-7-24(15(8-23)11-26-10-14)19-16(18(20)25)4-3-5-21-19/h3-5,14-15H,6-11H2,1-2H3,(H2,20,25)/t14-,15-/m0/s1. The number of anilines is 1. The Balaban J connectivity index is 1.62. The number of carbonyl (C=O) groups excluding carboxylic acids is 1. The molecule has 0 spiro atoms. The fourth-order valence-corrected chi connectivity index (χ4v) is 4.10. The first-order valence-corrected chi connectivity index (χ1v) is 9.26. The Morgan fingerprint density at radius 3 is 2.89 bits per heavy atom. The first kappa shape index (κ1) is 17.9. The van der Waals surface area contributed by atoms with Crippen molar-refractivity contribution in [3.8, 4) is 0 Å². The lowest BCUT2D eigenvalue weighted by Gasteiger charge is -2.32. The van der Waals surface area contributed by atoms with Crippen LogP contribution in [0.1, 0.15) is 27.4 Å². The molecule has 8 heteroatoms. The van der Waals surface area contributed by atoms with E-state index in [0.717, 1.165) is 43.2 Å². The third-order valence-electron chi connectivity index (χ3n) is 5.43. The molecule has 2 fully saturated rings. The summed E-state index contributed by atoms with van der Waals surface area (Å²) >= 11 is 0. The summed E-state index contributed by atoms with van der Waals surface area (Å²) in [4.78, 5) is 21.0. The number of hydrogen-bond acceptors (Lipinski definition) is 7. The molecule has 2 aromatic heterocycles. The van der Waals surface area contributed by atoms with Crippen LogP contribution in [-0.4, -0.2) is 59.8 Å². The summed E-state index contributed by atoms with van der Waals surface area (Å²) in [5.74, 6) is 1.39. The van der Waals surface area contributed by atoms with Crippen molar-refractivity contribution in [3.63, 3.8) is 0 Å². The lowest BCUT2D eigenvalue weighted by atomic mass is 10.1. The number of pyridine rings is 1. The third-order valence-corrected chi connectivity index (χ3v) is 5.43. The monoisotopic (exact) mass is 371 g/mol. The van der Waals surface area contributed by atoms with Gasteiger partial charge in [0.25, 0.3) is 5.91 Å². The van der Waals surface area contributed by atoms with Crippen LogP contribution in [0, 0.1) is 19.8 Å². The second-order valence-corrected chi connectivity index (χ2v) is 7.45. The van der Waals surface area contributed by atoms with Crippen molar-refractivity contribution in [1.29, 1.82) is 0 Å². The molecular weight excluding hydrogens is 346 g/mol. The van der Waals surface area contributed by atoms with Crippen LogP contribution in [0.5, 0.6) is 0 Å². The van der Waals surface area contributed by atoms with Crippen LogP contribution in [0.15, 0.2) is 22.9 Å². The highest BCUT2D eigenvalue weighted by atomic mass is 16.5. The minimum Gasteiger partial charge on any atom is -0.379 e. The minimum absolute atomic E-state index is 0.103. The second-order valence-electron chi connectivity index (χ2n) is 7.45. The smallest absolute Gasteiger partial charge is 0.252 e. The number of fused-ring (bicyclic) bond motifs is 3. The molecule has 2 bridgehead atoms. The molecule has 27 heavy (non-hydrogen) atoms. The van der Waals surface area contributed by atoms with Crippen molar-refractivity contribution in [1.82, 2.24) is 15.0 Å². The summed E-state index contributed by atoms with van der Waals surface area (Å²) in [6.07, 6.45) is 1.71. The highest BCUT2D eigenvalue weighted by Gasteiger charge is 2.35. The maximum absolute atomic E-state index is 11.9. The van der Waals surface area contributed by atoms with Gasteiger partial charge in [-0.25, -0.2) is 4.98 Å². The van der Waals surface area contributed by atoms with Crippen LogP contribution in [0.4, 0.5) is 5.82 Å². The summed E-state index contributed by atoms with van der Waals surface area (Å²) in [5.41, 5.74) is 8.14. The zero-order valence-corrected chi connectivity index (χ0v) is 15.7. The number of ether oxygens (including phenoxy) is 1. The SMILES string of the molecule is Cc1noc(C)c1CN1C[C@@H]2COC[C@H](C1)N(c1ncccc1C(N)=O)C2. The molecule has 8 nitrogen and oxygen atoms in total. The molecule has 0 radical (unpaired) electrons. The minimum atomic E-state index is -0.453. The Morgan fingerprint density at radius 1 is 1.30 bits per heavy atom. The van der Waals surface area contributed by atoms with Gasteiger partial charge in [-0.3, -0.25) is 9.69 Å². The molecule has 2 atom stereocenters. The van der Waals surface area contributed by atoms with Crippen LogP contribution < -0.4 is 10.6 Å². The number of primary amides is 1. The van der Waals surface area contributed by atoms with Gasteiger partial charge in [0.05, 0.1) is 30.5 Å². The molecular formula is C19H25N5O3. The quantitative estimate of drug-likeness (QED) is 0.860. The largest absolute Gasteiger partial charge is 0.379 e. The Morgan fingerprint density at radius 2 is 2.15 bits per heavy atom. The maximum atomic E-state index is 11.9. The van der Waals surface area contributed by atoms with Gasteiger partial charge in [-0.1, -0.05) is 5.16 Å². The van der Waals surface area contributed by atoms with Crippen LogP contribution >= 0.6 is 0 Å². The molecule has 2 saturated heterocycles. The van der Waals surface area contributed by atoms with Crippen molar-refractivity contribution >= 4 is 11.7 Å². The van der Waals surface area contributed by atoms with E-state index in [0.29, 0.717) is 30.5 Å². The van der Waals surface area contributed by atoms with E-state index >= 15 is 0 Å². The number of carbonyl (C=O) groups is 1. The van der Waals surface area contributed by atoms with Crippen LogP contribution in [0.3, 0.4) is 0 Å². The lowest BCUT2D eigenvalue weighted by Crippen LogP contribution is -2.44. The summed E-state index contributed by atoms with van der Waals surface area (Å²) in [6, 6.07) is 3.58. The van der Waals surface area contributed by atoms with Crippen molar-refractivity contribution in [3.05, 3.63) is 40.9 Å². The molecule has 4 heterocycles. The number of nitrogens with zero attached hydrogens (tertiary/aromatic N) is 4. The first-order chi connectivity index (χ1) is 13.0. The molecule has 4 rings (SSSR count). The molecule has 1 amide bonds. The van der Waals surface area contributed by atoms with Gasteiger partial charge in [0.15, 0.2) is 0 Å². The van der Waals surface area contributed by atoms with Gasteiger partial charge in [0.1, 0.15) is 11.6 Å². The number of nitrogens with two attached hydrogens (primary N) is 1. The number of hydrogen-bond donors (Lipinski definition) is 1. The highest BCUT2D eigenvalue weighted by molar-refractivity contribution is 5.97. The van der Waals surface area contributed by atoms with E-state index in [-0.39, 0.29) is 6.04 Å². The Kier molecular flexibility index (Phi) is 4.84. The van der Waals surface area contributed by atoms with E-state index in [1.54, 1.807) is 18.3 Å². The zero-order chi connectivity index (χ0) is 19.0. The second kappa shape index (κ2) is 7.28. The topological polar surface area (TPSA) is 97.7 Å². The van der Waals surface area contributed by atoms with Crippen molar-refractivity contribution in [2.45, 2.75) is 26.4 Å². The van der Waals surface area contributed by atoms with Crippen LogP contribution in [-0.2, 0) is 11.3 Å². The van der Waals surface area contributed by atoms with Gasteiger partial charge in [-0.2, -0.15) is 0 Å². The fourth-order valence-electron chi connectivity index (χ4n) is 4.10. The van der Waals surface area contributed by atoms with Gasteiger partial charge < -0.3 is 19.9 Å². The summed E-state index contributed by atoms with van der Waals surface area (Å²) in [5, 5.41) is 4.07. The molecule has 2 aliphatic rings. The van der Waals surface area contributed by atoms with E-state index in [1.807, 2.05) is 13.8 Å². The molecule has 2 aromatic rings. The number of aryl methyl sites for hydroxylation is 2. The predicted molar refractivity (Wildman–Crippen MR) is 99.5 cm³/mol. The third kappa shape index (κ3) is 3.54. The highest BCUT2D eigenvalue weighted by Crippen LogP contribution is 2.28. The van der Waals surface area contributed by atoms with E-state index in [4.69, 9.17) is 15.0 Å². The summed E-state index contributed by atoms with van der Waals surface area (Å²) in [7, 11) is 0. The lowest BCUT2D eigenvalue weighted by molar-refractivity contribution is 0.0625. The van der Waals surface area contributed by atoms with E-state index in [2.05, 4.69) is 19.9 Å². The van der Waals surface area contributed by atoms with Gasteiger partial charge >= 0.3 is 0 Å². The zero-order valence-electron chi connectivity index (χ0n) is 15.7. The Bertz CT molecular complexity index is 817. The molecule has 2 aliphatic heterocycles. The average molecular weight is 371 g/mol. The summed E-state index contributed by atoms with van der Waals surface area (Å²) in [6.45, 7) is 8.55. The summed E-state index contributed by atoms with van der Waals surface area (Å²) < 4.78 is 11.2. The molecule has 0 unspecified atom stereocenters. The first-order valence-electron chi connectivity index (χ1n) is 9.26. The predicted octanol–water partition coefficient (Wildman–Crippen LogP) is 1.12. The van der Waals surface area contributed by atoms with Gasteiger partial charge in [-0.05, 0) is 26.0 Å². The normalized spacial score (nSPS) is 23.3. The van der Waals surface area contributed by atoms with Gasteiger partial charge in [0, 0.05) is 43.9 Å². The van der Waals surface area contributed by atoms with Gasteiger partial charge in [0.2, 0.25) is 0 Å². The van der Waals surface area contributed by atoms with Gasteiger partial charge in [-0.15, -0.1) is 0 Å². The van der Waals surface area contributed by atoms with E-state index < -0.39 is 5.91 Å². The fraction of sp³-hybridized carbons (Fsp3) is 0.526. The van der Waals surface area contributed by atoms with E-state index in [9.17, 15) is 4.79 Å². The number of aromatic nitrogens is 2. The molecule has 0 saturated carbocycles. The Labute approximate surface area is 158 Å². The number of rotatable bonds is 4. The number of amides is 1. The maximum Gasteiger partial charge on any atom is 0.252 e. The van der Waals surface area contributed by atoms with Crippen LogP contribution in [0.2, 0.25) is 0 Å².